The second-order valence-electron chi connectivity index (χ2n) is 8.71. The lowest BCUT2D eigenvalue weighted by atomic mass is 10.0. The van der Waals surface area contributed by atoms with E-state index in [-0.39, 0.29) is 18.8 Å². The number of amides is 4. The lowest BCUT2D eigenvalue weighted by molar-refractivity contribution is -0.143. The van der Waals surface area contributed by atoms with Gasteiger partial charge in [0.1, 0.15) is 18.1 Å². The molecule has 33 heavy (non-hydrogen) atoms. The van der Waals surface area contributed by atoms with Gasteiger partial charge in [0.25, 0.3) is 0 Å². The van der Waals surface area contributed by atoms with Crippen molar-refractivity contribution in [2.75, 3.05) is 12.0 Å². The zero-order valence-corrected chi connectivity index (χ0v) is 20.9. The fraction of sp³-hybridized carbons (Fsp3) is 0.762. The second-order valence-corrected chi connectivity index (χ2v) is 9.70. The normalized spacial score (nSPS) is 14.8. The first kappa shape index (κ1) is 30.7. The zero-order valence-electron chi connectivity index (χ0n) is 20.1. The Morgan fingerprint density at radius 3 is 1.85 bits per heavy atom. The minimum absolute atomic E-state index is 0.118. The summed E-state index contributed by atoms with van der Waals surface area (Å²) in [5.41, 5.74) is 11.1. The van der Waals surface area contributed by atoms with Crippen LogP contribution >= 0.6 is 11.8 Å². The summed E-state index contributed by atoms with van der Waals surface area (Å²) < 4.78 is 0. The van der Waals surface area contributed by atoms with E-state index in [0.717, 1.165) is 0 Å². The van der Waals surface area contributed by atoms with E-state index in [4.69, 9.17) is 11.5 Å². The molecular weight excluding hydrogens is 450 g/mol. The van der Waals surface area contributed by atoms with Crippen LogP contribution in [0.15, 0.2) is 0 Å². The van der Waals surface area contributed by atoms with Crippen molar-refractivity contribution in [3.05, 3.63) is 0 Å². The molecule has 0 aromatic rings. The first-order chi connectivity index (χ1) is 15.3. The number of hydrogen-bond acceptors (Lipinski definition) is 7. The molecule has 4 amide bonds. The number of thioether (sulfide) groups is 1. The van der Waals surface area contributed by atoms with Crippen molar-refractivity contribution in [2.45, 2.75) is 77.5 Å². The van der Waals surface area contributed by atoms with Gasteiger partial charge in [-0.05, 0) is 43.1 Å². The number of nitrogens with one attached hydrogen (secondary N) is 3. The molecule has 0 aromatic carbocycles. The van der Waals surface area contributed by atoms with Gasteiger partial charge in [-0.3, -0.25) is 19.2 Å². The van der Waals surface area contributed by atoms with E-state index in [1.54, 1.807) is 13.8 Å². The summed E-state index contributed by atoms with van der Waals surface area (Å²) in [6.45, 7) is 7.11. The quantitative estimate of drug-likeness (QED) is 0.168. The minimum Gasteiger partial charge on any atom is -0.480 e. The number of carboxylic acids is 1. The average Bonchev–Trinajstić information content (AvgIpc) is 2.70. The molecule has 190 valence electrons. The van der Waals surface area contributed by atoms with Crippen molar-refractivity contribution in [3.63, 3.8) is 0 Å². The summed E-state index contributed by atoms with van der Waals surface area (Å²) in [6, 6.07) is -4.12. The first-order valence-electron chi connectivity index (χ1n) is 11.0. The van der Waals surface area contributed by atoms with Gasteiger partial charge in [-0.2, -0.15) is 11.8 Å². The summed E-state index contributed by atoms with van der Waals surface area (Å²) in [5.74, 6) is -3.41. The highest BCUT2D eigenvalue weighted by Crippen LogP contribution is 2.08. The van der Waals surface area contributed by atoms with Gasteiger partial charge < -0.3 is 32.5 Å². The van der Waals surface area contributed by atoms with E-state index >= 15 is 0 Å². The number of carbonyl (C=O) groups excluding carboxylic acids is 4. The summed E-state index contributed by atoms with van der Waals surface area (Å²) in [4.78, 5) is 60.8. The Morgan fingerprint density at radius 1 is 0.879 bits per heavy atom. The van der Waals surface area contributed by atoms with Crippen molar-refractivity contribution < 1.29 is 29.1 Å². The average molecular weight is 490 g/mol. The van der Waals surface area contributed by atoms with E-state index in [0.29, 0.717) is 18.6 Å². The van der Waals surface area contributed by atoms with Gasteiger partial charge in [0.05, 0.1) is 6.04 Å². The molecule has 4 unspecified atom stereocenters. The molecule has 0 radical (unpaired) electrons. The molecule has 11 nitrogen and oxygen atoms in total. The number of carbonyl (C=O) groups is 5. The van der Waals surface area contributed by atoms with E-state index < -0.39 is 59.7 Å². The van der Waals surface area contributed by atoms with Gasteiger partial charge in [-0.15, -0.1) is 0 Å². The number of aliphatic carboxylic acids is 1. The van der Waals surface area contributed by atoms with E-state index in [1.807, 2.05) is 20.1 Å². The zero-order chi connectivity index (χ0) is 25.7. The van der Waals surface area contributed by atoms with Crippen molar-refractivity contribution in [2.24, 2.45) is 23.3 Å². The standard InChI is InChI=1S/C21H39N5O6S/c1-11(2)10-13(22)18(28)24-15(8-9-33-5)19(29)25-14(6-7-16(23)27)20(30)26-17(12(3)4)21(31)32/h11-15,17H,6-10,22H2,1-5H3,(H2,23,27)(H,24,28)(H,25,29)(H,26,30)(H,31,32). The Morgan fingerprint density at radius 2 is 1.39 bits per heavy atom. The monoisotopic (exact) mass is 489 g/mol. The fourth-order valence-electron chi connectivity index (χ4n) is 2.99. The summed E-state index contributed by atoms with van der Waals surface area (Å²) in [6.07, 6.45) is 2.27. The Labute approximate surface area is 199 Å². The molecule has 0 rings (SSSR count). The topological polar surface area (TPSA) is 194 Å². The molecule has 0 aliphatic heterocycles. The maximum Gasteiger partial charge on any atom is 0.326 e. The molecule has 0 bridgehead atoms. The molecule has 0 spiro atoms. The van der Waals surface area contributed by atoms with Crippen LogP contribution in [0.2, 0.25) is 0 Å². The predicted molar refractivity (Wildman–Crippen MR) is 127 cm³/mol. The third-order valence-electron chi connectivity index (χ3n) is 4.85. The molecule has 0 aliphatic carbocycles. The van der Waals surface area contributed by atoms with Gasteiger partial charge in [0.15, 0.2) is 0 Å². The molecule has 12 heteroatoms. The fourth-order valence-corrected chi connectivity index (χ4v) is 3.46. The van der Waals surface area contributed by atoms with E-state index in [2.05, 4.69) is 16.0 Å². The van der Waals surface area contributed by atoms with Gasteiger partial charge in [-0.1, -0.05) is 27.7 Å². The third-order valence-corrected chi connectivity index (χ3v) is 5.49. The van der Waals surface area contributed by atoms with Crippen LogP contribution in [0.3, 0.4) is 0 Å². The van der Waals surface area contributed by atoms with Crippen LogP contribution in [-0.4, -0.2) is 70.9 Å². The smallest absolute Gasteiger partial charge is 0.326 e. The van der Waals surface area contributed by atoms with Crippen molar-refractivity contribution in [1.82, 2.24) is 16.0 Å². The van der Waals surface area contributed by atoms with Gasteiger partial charge in [-0.25, -0.2) is 4.79 Å². The number of primary amides is 1. The molecule has 0 heterocycles. The number of hydrogen-bond donors (Lipinski definition) is 6. The molecule has 0 aliphatic rings. The van der Waals surface area contributed by atoms with Gasteiger partial charge in [0, 0.05) is 6.42 Å². The molecule has 0 saturated carbocycles. The van der Waals surface area contributed by atoms with Crippen molar-refractivity contribution in [3.8, 4) is 0 Å². The van der Waals surface area contributed by atoms with Crippen LogP contribution in [0.25, 0.3) is 0 Å². The Balaban J connectivity index is 5.51. The van der Waals surface area contributed by atoms with Crippen LogP contribution in [-0.2, 0) is 24.0 Å². The Kier molecular flexibility index (Phi) is 14.4. The molecule has 0 aromatic heterocycles. The Hall–Kier alpha value is -2.34. The third kappa shape index (κ3) is 12.5. The lowest BCUT2D eigenvalue weighted by Crippen LogP contribution is -2.57. The molecule has 0 fully saturated rings. The number of carboxylic acid groups (broad SMARTS) is 1. The highest BCUT2D eigenvalue weighted by molar-refractivity contribution is 7.98. The van der Waals surface area contributed by atoms with E-state index in [9.17, 15) is 29.1 Å². The van der Waals surface area contributed by atoms with Gasteiger partial charge in [0.2, 0.25) is 23.6 Å². The highest BCUT2D eigenvalue weighted by Gasteiger charge is 2.31. The first-order valence-corrected chi connectivity index (χ1v) is 12.4. The lowest BCUT2D eigenvalue weighted by Gasteiger charge is -2.26. The van der Waals surface area contributed by atoms with Crippen LogP contribution in [0.5, 0.6) is 0 Å². The number of rotatable bonds is 16. The van der Waals surface area contributed by atoms with Crippen LogP contribution < -0.4 is 27.4 Å². The van der Waals surface area contributed by atoms with Gasteiger partial charge >= 0.3 is 5.97 Å². The minimum atomic E-state index is -1.22. The summed E-state index contributed by atoms with van der Waals surface area (Å²) in [7, 11) is 0. The summed E-state index contributed by atoms with van der Waals surface area (Å²) in [5, 5.41) is 16.9. The number of nitrogens with two attached hydrogens (primary N) is 2. The maximum absolute atomic E-state index is 13.0. The second kappa shape index (κ2) is 15.5. The molecular formula is C21H39N5O6S. The van der Waals surface area contributed by atoms with Crippen LogP contribution in [0.1, 0.15) is 53.4 Å². The predicted octanol–water partition coefficient (Wildman–Crippen LogP) is -0.427. The van der Waals surface area contributed by atoms with Crippen molar-refractivity contribution >= 4 is 41.4 Å². The highest BCUT2D eigenvalue weighted by atomic mass is 32.2. The molecule has 8 N–H and O–H groups in total. The molecule has 4 atom stereocenters. The molecule has 0 saturated heterocycles. The SMILES string of the molecule is CSCCC(NC(=O)C(N)CC(C)C)C(=O)NC(CCC(N)=O)C(=O)NC(C(=O)O)C(C)C. The van der Waals surface area contributed by atoms with Crippen LogP contribution in [0, 0.1) is 11.8 Å². The van der Waals surface area contributed by atoms with Crippen molar-refractivity contribution in [1.29, 1.82) is 0 Å². The van der Waals surface area contributed by atoms with Crippen LogP contribution in [0.4, 0.5) is 0 Å². The maximum atomic E-state index is 13.0. The van der Waals surface area contributed by atoms with E-state index in [1.165, 1.54) is 11.8 Å². The Bertz CT molecular complexity index is 688. The summed E-state index contributed by atoms with van der Waals surface area (Å²) >= 11 is 1.48. The largest absolute Gasteiger partial charge is 0.480 e.